The lowest BCUT2D eigenvalue weighted by molar-refractivity contribution is -0.146. The summed E-state index contributed by atoms with van der Waals surface area (Å²) < 4.78 is 24.7. The normalized spacial score (nSPS) is 18.4. The number of piperidine rings is 1. The number of amides is 2. The fraction of sp³-hybridized carbons (Fsp3) is 0.686. The van der Waals surface area contributed by atoms with Gasteiger partial charge in [0.15, 0.2) is 6.29 Å². The fourth-order valence-electron chi connectivity index (χ4n) is 6.51. The number of ether oxygens (including phenoxy) is 4. The number of hydrogen-bond donors (Lipinski definition) is 0. The van der Waals surface area contributed by atoms with E-state index in [1.54, 1.807) is 19.1 Å². The molecule has 0 radical (unpaired) electrons. The lowest BCUT2D eigenvalue weighted by atomic mass is 9.89. The van der Waals surface area contributed by atoms with Gasteiger partial charge in [-0.2, -0.15) is 5.10 Å². The van der Waals surface area contributed by atoms with Gasteiger partial charge in [-0.3, -0.25) is 19.2 Å². The predicted octanol–water partition coefficient (Wildman–Crippen LogP) is 3.61. The van der Waals surface area contributed by atoms with Crippen LogP contribution in [0.25, 0.3) is 0 Å². The van der Waals surface area contributed by atoms with E-state index in [2.05, 4.69) is 41.2 Å². The number of hydrogen-bond acceptors (Lipinski definition) is 8. The standard InChI is InChI=1S/C35H53N5O6/c1-4-15-38(26-33(43-2)44-3)32(41)12-21-45-20-11-28-6-5-7-30(23-28)24-37-17-13-35(14-18-37)27-39(19-22-46-35)34(42)31-10-16-40(36-31)25-29-8-9-29/h5-7,10,16,23,29,33H,4,8-9,11-15,17-22,24-27H2,1-3H3. The van der Waals surface area contributed by atoms with Gasteiger partial charge in [0.05, 0.1) is 44.9 Å². The average Bonchev–Trinajstić information content (AvgIpc) is 3.77. The van der Waals surface area contributed by atoms with E-state index >= 15 is 0 Å². The molecular formula is C35H53N5O6. The van der Waals surface area contributed by atoms with Crippen LogP contribution in [0.3, 0.4) is 0 Å². The van der Waals surface area contributed by atoms with Crippen LogP contribution in [-0.4, -0.2) is 121 Å². The van der Waals surface area contributed by atoms with Crippen molar-refractivity contribution in [1.82, 2.24) is 24.5 Å². The largest absolute Gasteiger partial charge is 0.381 e. The maximum Gasteiger partial charge on any atom is 0.274 e. The molecule has 11 heteroatoms. The summed E-state index contributed by atoms with van der Waals surface area (Å²) in [5.74, 6) is 0.803. The first-order chi connectivity index (χ1) is 22.4. The van der Waals surface area contributed by atoms with Gasteiger partial charge < -0.3 is 28.7 Å². The molecule has 254 valence electrons. The molecule has 2 aromatic rings. The second kappa shape index (κ2) is 16.8. The van der Waals surface area contributed by atoms with Gasteiger partial charge >= 0.3 is 0 Å². The van der Waals surface area contributed by atoms with E-state index in [0.29, 0.717) is 58.1 Å². The summed E-state index contributed by atoms with van der Waals surface area (Å²) in [5.41, 5.74) is 2.79. The quantitative estimate of drug-likeness (QED) is 0.191. The van der Waals surface area contributed by atoms with Crippen LogP contribution in [0.1, 0.15) is 67.1 Å². The number of aromatic nitrogens is 2. The summed E-state index contributed by atoms with van der Waals surface area (Å²) in [6.07, 6.45) is 7.89. The number of benzene rings is 1. The predicted molar refractivity (Wildman–Crippen MR) is 174 cm³/mol. The molecule has 2 saturated heterocycles. The summed E-state index contributed by atoms with van der Waals surface area (Å²) in [5, 5.41) is 4.57. The fourth-order valence-corrected chi connectivity index (χ4v) is 6.51. The summed E-state index contributed by atoms with van der Waals surface area (Å²) in [7, 11) is 3.17. The molecule has 2 amide bonds. The molecule has 2 aliphatic heterocycles. The maximum atomic E-state index is 13.3. The molecule has 0 N–H and O–H groups in total. The molecule has 1 aromatic carbocycles. The number of rotatable bonds is 17. The Balaban J connectivity index is 1.02. The Morgan fingerprint density at radius 3 is 2.61 bits per heavy atom. The molecule has 3 fully saturated rings. The first-order valence-electron chi connectivity index (χ1n) is 17.1. The number of morpholine rings is 1. The van der Waals surface area contributed by atoms with Crippen molar-refractivity contribution in [2.24, 2.45) is 5.92 Å². The van der Waals surface area contributed by atoms with Crippen LogP contribution in [-0.2, 0) is 43.3 Å². The van der Waals surface area contributed by atoms with Gasteiger partial charge in [0, 0.05) is 59.7 Å². The van der Waals surface area contributed by atoms with Gasteiger partial charge in [-0.05, 0) is 61.6 Å². The molecule has 3 heterocycles. The molecule has 0 atom stereocenters. The van der Waals surface area contributed by atoms with Gasteiger partial charge in [-0.15, -0.1) is 0 Å². The zero-order valence-electron chi connectivity index (χ0n) is 28.0. The summed E-state index contributed by atoms with van der Waals surface area (Å²) in [6.45, 7) is 9.61. The topological polar surface area (TPSA) is 98.6 Å². The SMILES string of the molecule is CCCN(CC(OC)OC)C(=O)CCOCCc1cccc(CN2CCC3(CC2)CN(C(=O)c2ccn(CC4CC4)n2)CCO3)c1. The lowest BCUT2D eigenvalue weighted by Gasteiger charge is -2.47. The molecule has 1 aliphatic carbocycles. The molecule has 5 rings (SSSR count). The third-order valence-corrected chi connectivity index (χ3v) is 9.44. The second-order valence-corrected chi connectivity index (χ2v) is 13.1. The smallest absolute Gasteiger partial charge is 0.274 e. The minimum atomic E-state index is -0.422. The van der Waals surface area contributed by atoms with E-state index in [4.69, 9.17) is 18.9 Å². The molecule has 0 bridgehead atoms. The zero-order chi connectivity index (χ0) is 32.4. The molecule has 1 spiro atoms. The molecule has 11 nitrogen and oxygen atoms in total. The van der Waals surface area contributed by atoms with Gasteiger partial charge in [0.1, 0.15) is 5.69 Å². The third-order valence-electron chi connectivity index (χ3n) is 9.44. The first-order valence-corrected chi connectivity index (χ1v) is 17.1. The monoisotopic (exact) mass is 639 g/mol. The summed E-state index contributed by atoms with van der Waals surface area (Å²) in [6, 6.07) is 10.6. The van der Waals surface area contributed by atoms with Crippen LogP contribution in [0.5, 0.6) is 0 Å². The highest BCUT2D eigenvalue weighted by atomic mass is 16.7. The number of carbonyl (C=O) groups is 2. The number of carbonyl (C=O) groups excluding carboxylic acids is 2. The van der Waals surface area contributed by atoms with Gasteiger partial charge in [0.25, 0.3) is 5.91 Å². The van der Waals surface area contributed by atoms with Crippen LogP contribution in [0.15, 0.2) is 36.5 Å². The summed E-state index contributed by atoms with van der Waals surface area (Å²) >= 11 is 0. The number of methoxy groups -OCH3 is 2. The van der Waals surface area contributed by atoms with E-state index in [0.717, 1.165) is 57.8 Å². The van der Waals surface area contributed by atoms with Crippen molar-refractivity contribution in [2.45, 2.75) is 76.9 Å². The van der Waals surface area contributed by atoms with Crippen molar-refractivity contribution in [1.29, 1.82) is 0 Å². The first kappa shape index (κ1) is 34.5. The maximum absolute atomic E-state index is 13.3. The Kier molecular flexibility index (Phi) is 12.6. The number of nitrogens with zero attached hydrogens (tertiary/aromatic N) is 5. The highest BCUT2D eigenvalue weighted by Gasteiger charge is 2.41. The van der Waals surface area contributed by atoms with Crippen molar-refractivity contribution in [2.75, 3.05) is 73.3 Å². The zero-order valence-corrected chi connectivity index (χ0v) is 28.0. The van der Waals surface area contributed by atoms with E-state index < -0.39 is 6.29 Å². The Morgan fingerprint density at radius 2 is 1.87 bits per heavy atom. The Hall–Kier alpha value is -2.83. The highest BCUT2D eigenvalue weighted by molar-refractivity contribution is 5.92. The van der Waals surface area contributed by atoms with Gasteiger partial charge in [-0.25, -0.2) is 0 Å². The van der Waals surface area contributed by atoms with Crippen LogP contribution in [0, 0.1) is 5.92 Å². The Labute approximate surface area is 274 Å². The van der Waals surface area contributed by atoms with Crippen molar-refractivity contribution in [3.63, 3.8) is 0 Å². The van der Waals surface area contributed by atoms with Crippen LogP contribution >= 0.6 is 0 Å². The molecule has 1 aromatic heterocycles. The van der Waals surface area contributed by atoms with E-state index in [-0.39, 0.29) is 17.4 Å². The van der Waals surface area contributed by atoms with E-state index in [1.807, 2.05) is 21.8 Å². The molecule has 0 unspecified atom stereocenters. The van der Waals surface area contributed by atoms with E-state index in [9.17, 15) is 9.59 Å². The van der Waals surface area contributed by atoms with Crippen molar-refractivity contribution < 1.29 is 28.5 Å². The van der Waals surface area contributed by atoms with Crippen LogP contribution in [0.2, 0.25) is 0 Å². The second-order valence-electron chi connectivity index (χ2n) is 13.1. The Morgan fingerprint density at radius 1 is 1.09 bits per heavy atom. The van der Waals surface area contributed by atoms with Crippen molar-refractivity contribution in [3.05, 3.63) is 53.3 Å². The summed E-state index contributed by atoms with van der Waals surface area (Å²) in [4.78, 5) is 32.2. The van der Waals surface area contributed by atoms with Gasteiger partial charge in [0.2, 0.25) is 5.91 Å². The third kappa shape index (κ3) is 9.84. The Bertz CT molecular complexity index is 1250. The molecular weight excluding hydrogens is 586 g/mol. The van der Waals surface area contributed by atoms with Crippen LogP contribution < -0.4 is 0 Å². The van der Waals surface area contributed by atoms with E-state index in [1.165, 1.54) is 24.0 Å². The molecule has 46 heavy (non-hydrogen) atoms. The lowest BCUT2D eigenvalue weighted by Crippen LogP contribution is -2.58. The van der Waals surface area contributed by atoms with Gasteiger partial charge in [-0.1, -0.05) is 31.2 Å². The van der Waals surface area contributed by atoms with Crippen LogP contribution in [0.4, 0.5) is 0 Å². The van der Waals surface area contributed by atoms with Crippen molar-refractivity contribution in [3.8, 4) is 0 Å². The molecule has 3 aliphatic rings. The average molecular weight is 640 g/mol. The number of likely N-dealkylation sites (tertiary alicyclic amines) is 1. The highest BCUT2D eigenvalue weighted by Crippen LogP contribution is 2.32. The molecule has 1 saturated carbocycles. The van der Waals surface area contributed by atoms with Crippen molar-refractivity contribution >= 4 is 11.8 Å². The minimum absolute atomic E-state index is 0.0211. The minimum Gasteiger partial charge on any atom is -0.381 e.